The molecule has 2 heterocycles. The van der Waals surface area contributed by atoms with Crippen molar-refractivity contribution in [2.45, 2.75) is 32.6 Å². The van der Waals surface area contributed by atoms with Gasteiger partial charge in [0.1, 0.15) is 17.3 Å². The Morgan fingerprint density at radius 1 is 1.04 bits per heavy atom. The van der Waals surface area contributed by atoms with Gasteiger partial charge in [0.05, 0.1) is 29.9 Å². The topological polar surface area (TPSA) is 101 Å². The molecule has 0 saturated carbocycles. The van der Waals surface area contributed by atoms with E-state index in [0.29, 0.717) is 27.6 Å². The van der Waals surface area contributed by atoms with E-state index in [1.54, 1.807) is 59.4 Å². The van der Waals surface area contributed by atoms with E-state index in [4.69, 9.17) is 0 Å². The second-order valence-electron chi connectivity index (χ2n) is 11.4. The first-order chi connectivity index (χ1) is 22.2. The number of rotatable bonds is 8. The largest absolute Gasteiger partial charge is 0.416 e. The van der Waals surface area contributed by atoms with Crippen molar-refractivity contribution in [3.05, 3.63) is 111 Å². The van der Waals surface area contributed by atoms with Crippen LogP contribution in [0.5, 0.6) is 0 Å². The van der Waals surface area contributed by atoms with Crippen LogP contribution < -0.4 is 16.2 Å². The van der Waals surface area contributed by atoms with Crippen molar-refractivity contribution in [3.63, 3.8) is 0 Å². The van der Waals surface area contributed by atoms with Gasteiger partial charge in [-0.2, -0.15) is 13.2 Å². The number of aromatic nitrogens is 3. The van der Waals surface area contributed by atoms with Crippen LogP contribution in [0.2, 0.25) is 0 Å². The van der Waals surface area contributed by atoms with E-state index in [-0.39, 0.29) is 35.2 Å². The third-order valence-corrected chi connectivity index (χ3v) is 7.79. The van der Waals surface area contributed by atoms with Crippen molar-refractivity contribution in [1.29, 1.82) is 0 Å². The van der Waals surface area contributed by atoms with Crippen LogP contribution >= 0.6 is 0 Å². The van der Waals surface area contributed by atoms with E-state index in [1.165, 1.54) is 46.0 Å². The highest BCUT2D eigenvalue weighted by Crippen LogP contribution is 2.34. The molecule has 0 radical (unpaired) electrons. The number of carbonyl (C=O) groups is 2. The van der Waals surface area contributed by atoms with Gasteiger partial charge in [0, 0.05) is 42.5 Å². The van der Waals surface area contributed by atoms with Crippen molar-refractivity contribution in [1.82, 2.24) is 24.3 Å². The molecule has 244 valence electrons. The molecule has 0 fully saturated rings. The maximum absolute atomic E-state index is 14.3. The number of nitrogens with zero attached hydrogens (tertiary/aromatic N) is 4. The normalized spacial score (nSPS) is 12.3. The van der Waals surface area contributed by atoms with Crippen molar-refractivity contribution < 1.29 is 27.2 Å². The zero-order valence-electron chi connectivity index (χ0n) is 26.2. The lowest BCUT2D eigenvalue weighted by atomic mass is 10.1. The molecule has 0 saturated heterocycles. The number of amides is 2. The fourth-order valence-corrected chi connectivity index (χ4v) is 5.21. The number of fused-ring (bicyclic) bond motifs is 1. The molecule has 0 aliphatic heterocycles. The average molecular weight is 649 g/mol. The predicted octanol–water partition coefficient (Wildman–Crippen LogP) is 5.62. The van der Waals surface area contributed by atoms with E-state index in [2.05, 4.69) is 15.6 Å². The van der Waals surface area contributed by atoms with E-state index in [9.17, 15) is 31.9 Å². The molecular formula is C34H32F4N6O3. The number of likely N-dealkylation sites (N-methyl/N-ethyl adjacent to an activating group) is 1. The van der Waals surface area contributed by atoms with Gasteiger partial charge in [-0.3, -0.25) is 19.0 Å². The smallest absolute Gasteiger partial charge is 0.345 e. The van der Waals surface area contributed by atoms with E-state index in [1.807, 2.05) is 0 Å². The Morgan fingerprint density at radius 2 is 1.79 bits per heavy atom. The summed E-state index contributed by atoms with van der Waals surface area (Å²) in [4.78, 5) is 45.1. The van der Waals surface area contributed by atoms with Crippen molar-refractivity contribution in [2.75, 3.05) is 26.5 Å². The molecule has 5 rings (SSSR count). The fourth-order valence-electron chi connectivity index (χ4n) is 5.21. The molecule has 13 heteroatoms. The lowest BCUT2D eigenvalue weighted by Crippen LogP contribution is -2.38. The Kier molecular flexibility index (Phi) is 9.03. The van der Waals surface area contributed by atoms with E-state index < -0.39 is 35.1 Å². The van der Waals surface area contributed by atoms with Gasteiger partial charge in [0.25, 0.3) is 11.5 Å². The fraction of sp³-hybridized carbons (Fsp3) is 0.235. The number of alkyl halides is 3. The first-order valence-electron chi connectivity index (χ1n) is 14.6. The molecule has 3 aromatic carbocycles. The maximum Gasteiger partial charge on any atom is 0.416 e. The van der Waals surface area contributed by atoms with Gasteiger partial charge < -0.3 is 20.1 Å². The minimum Gasteiger partial charge on any atom is -0.345 e. The molecule has 2 N–H and O–H groups in total. The molecular weight excluding hydrogens is 616 g/mol. The van der Waals surface area contributed by atoms with Crippen molar-refractivity contribution in [2.24, 2.45) is 0 Å². The van der Waals surface area contributed by atoms with Gasteiger partial charge in [-0.15, -0.1) is 0 Å². The molecule has 0 aliphatic carbocycles. The highest BCUT2D eigenvalue weighted by Gasteiger charge is 2.32. The molecule has 9 nitrogen and oxygen atoms in total. The summed E-state index contributed by atoms with van der Waals surface area (Å²) in [6.45, 7) is 2.95. The van der Waals surface area contributed by atoms with Crippen LogP contribution in [0.3, 0.4) is 0 Å². The summed E-state index contributed by atoms with van der Waals surface area (Å²) in [7, 11) is 4.75. The van der Waals surface area contributed by atoms with E-state index >= 15 is 0 Å². The van der Waals surface area contributed by atoms with Gasteiger partial charge in [-0.25, -0.2) is 9.37 Å². The molecule has 2 aromatic heterocycles. The number of hydrogen-bond donors (Lipinski definition) is 2. The van der Waals surface area contributed by atoms with Crippen LogP contribution in [0.25, 0.3) is 28.0 Å². The van der Waals surface area contributed by atoms with E-state index in [0.717, 1.165) is 16.7 Å². The van der Waals surface area contributed by atoms with Crippen LogP contribution in [-0.4, -0.2) is 58.0 Å². The second kappa shape index (κ2) is 12.8. The van der Waals surface area contributed by atoms with Gasteiger partial charge in [0.2, 0.25) is 5.91 Å². The summed E-state index contributed by atoms with van der Waals surface area (Å²) in [6, 6.07) is 13.2. The van der Waals surface area contributed by atoms with Crippen molar-refractivity contribution in [3.8, 4) is 17.1 Å². The second-order valence-corrected chi connectivity index (χ2v) is 11.4. The number of anilines is 1. The van der Waals surface area contributed by atoms with Gasteiger partial charge in [0.15, 0.2) is 0 Å². The first-order valence-corrected chi connectivity index (χ1v) is 14.6. The van der Waals surface area contributed by atoms with Crippen LogP contribution in [0, 0.1) is 12.7 Å². The first kappa shape index (κ1) is 33.1. The molecule has 0 spiro atoms. The summed E-state index contributed by atoms with van der Waals surface area (Å²) in [5.41, 5.74) is 0.225. The number of aryl methyl sites for hydroxylation is 1. The maximum atomic E-state index is 14.3. The Balaban J connectivity index is 1.70. The molecule has 1 atom stereocenters. The Bertz CT molecular complexity index is 2070. The number of benzene rings is 3. The molecule has 2 amide bonds. The lowest BCUT2D eigenvalue weighted by Gasteiger charge is -2.18. The SMILES string of the molecule is CNC(C)C(=O)Nc1cnc(-c2cccc(C(=O)N(C)C)c2)n(Cc2cc(-n3cc(C)c4cc(F)ccc43)cc(C(F)(F)F)c2)c1=O. The highest BCUT2D eigenvalue weighted by molar-refractivity contribution is 5.95. The van der Waals surface area contributed by atoms with Gasteiger partial charge >= 0.3 is 6.18 Å². The Labute approximate surface area is 267 Å². The molecule has 47 heavy (non-hydrogen) atoms. The molecule has 0 aliphatic rings. The number of nitrogens with one attached hydrogen (secondary N) is 2. The van der Waals surface area contributed by atoms with Crippen molar-refractivity contribution >= 4 is 28.4 Å². The summed E-state index contributed by atoms with van der Waals surface area (Å²) in [5.74, 6) is -1.23. The summed E-state index contributed by atoms with van der Waals surface area (Å²) in [6.07, 6.45) is -1.93. The van der Waals surface area contributed by atoms with Crippen LogP contribution in [0.15, 0.2) is 77.9 Å². The molecule has 1 unspecified atom stereocenters. The number of carbonyl (C=O) groups excluding carboxylic acids is 2. The predicted molar refractivity (Wildman–Crippen MR) is 171 cm³/mol. The van der Waals surface area contributed by atoms with Gasteiger partial charge in [-0.1, -0.05) is 12.1 Å². The minimum atomic E-state index is -4.74. The van der Waals surface area contributed by atoms with Gasteiger partial charge in [-0.05, 0) is 80.6 Å². The van der Waals surface area contributed by atoms with Crippen LogP contribution in [0.4, 0.5) is 23.2 Å². The lowest BCUT2D eigenvalue weighted by molar-refractivity contribution is -0.137. The summed E-state index contributed by atoms with van der Waals surface area (Å²) >= 11 is 0. The van der Waals surface area contributed by atoms with Crippen LogP contribution in [0.1, 0.15) is 34.0 Å². The Hall–Kier alpha value is -5.30. The minimum absolute atomic E-state index is 0.0692. The Morgan fingerprint density at radius 3 is 2.47 bits per heavy atom. The zero-order valence-corrected chi connectivity index (χ0v) is 26.2. The van der Waals surface area contributed by atoms with Crippen LogP contribution in [-0.2, 0) is 17.5 Å². The average Bonchev–Trinajstić information content (AvgIpc) is 3.36. The highest BCUT2D eigenvalue weighted by atomic mass is 19.4. The quantitative estimate of drug-likeness (QED) is 0.213. The third kappa shape index (κ3) is 6.80. The summed E-state index contributed by atoms with van der Waals surface area (Å²) < 4.78 is 59.5. The zero-order chi connectivity index (χ0) is 34.2. The monoisotopic (exact) mass is 648 g/mol. The molecule has 0 bridgehead atoms. The third-order valence-electron chi connectivity index (χ3n) is 7.79. The standard InChI is InChI=1S/C34H32F4N6O3/c1-19-17-43(29-10-9-25(35)15-27(19)29)26-12-21(11-24(14-26)34(36,37)38)18-44-30(22-7-6-8-23(13-22)32(46)42(4)5)40-16-28(33(44)47)41-31(45)20(2)39-3/h6-17,20,39H,18H2,1-5H3,(H,41,45). The molecule has 5 aromatic rings. The number of hydrogen-bond acceptors (Lipinski definition) is 5. The number of halogens is 4. The summed E-state index contributed by atoms with van der Waals surface area (Å²) in [5, 5.41) is 5.85.